The quantitative estimate of drug-likeness (QED) is 0.803. The van der Waals surface area contributed by atoms with Gasteiger partial charge in [-0.05, 0) is 40.8 Å². The summed E-state index contributed by atoms with van der Waals surface area (Å²) in [6.45, 7) is -0.0185. The summed E-state index contributed by atoms with van der Waals surface area (Å²) < 4.78 is 15.0. The lowest BCUT2D eigenvalue weighted by molar-refractivity contribution is 0.285. The van der Waals surface area contributed by atoms with Crippen molar-refractivity contribution in [1.29, 1.82) is 0 Å². The van der Waals surface area contributed by atoms with E-state index in [2.05, 4.69) is 0 Å². The summed E-state index contributed by atoms with van der Waals surface area (Å²) in [7, 11) is 0. The van der Waals surface area contributed by atoms with Gasteiger partial charge in [0.2, 0.25) is 0 Å². The molecule has 0 bridgehead atoms. The molecule has 0 saturated carbocycles. The Morgan fingerprint density at radius 3 is 2.92 bits per heavy atom. The van der Waals surface area contributed by atoms with Gasteiger partial charge in [-0.1, -0.05) is 0 Å². The number of hydrogen-bond donors (Lipinski definition) is 1. The largest absolute Gasteiger partial charge is 0.391 e. The second-order valence-corrected chi connectivity index (χ2v) is 4.97. The predicted octanol–water partition coefficient (Wildman–Crippen LogP) is 3.14. The Labute approximate surface area is 92.3 Å². The molecule has 0 amide bonds. The van der Waals surface area contributed by atoms with Gasteiger partial charge in [0.1, 0.15) is 5.82 Å². The lowest BCUT2D eigenvalue weighted by Crippen LogP contribution is -1.79. The Balaban J connectivity index is 2.76. The molecule has 0 aliphatic carbocycles. The Morgan fingerprint density at radius 2 is 2.23 bits per heavy atom. The molecule has 13 heavy (non-hydrogen) atoms. The molecule has 0 unspecified atom stereocenters. The zero-order valence-electron chi connectivity index (χ0n) is 6.55. The number of thiophene rings is 1. The summed E-state index contributed by atoms with van der Waals surface area (Å²) >= 11 is 3.39. The molecule has 0 fully saturated rings. The molecule has 1 aromatic heterocycles. The molecule has 4 heteroatoms. The highest BCUT2D eigenvalue weighted by atomic mass is 127. The molecule has 1 heterocycles. The van der Waals surface area contributed by atoms with Crippen LogP contribution in [0.5, 0.6) is 0 Å². The predicted molar refractivity (Wildman–Crippen MR) is 60.4 cm³/mol. The van der Waals surface area contributed by atoms with Crippen molar-refractivity contribution in [3.8, 4) is 0 Å². The second-order valence-electron chi connectivity index (χ2n) is 2.64. The fraction of sp³-hybridized carbons (Fsp3) is 0.111. The standard InChI is InChI=1S/C9H6FIOS/c10-9-6-3-5(4-12)13-8(6)2-1-7(9)11/h1-3,12H,4H2. The van der Waals surface area contributed by atoms with E-state index in [1.54, 1.807) is 12.1 Å². The van der Waals surface area contributed by atoms with Crippen molar-refractivity contribution >= 4 is 44.0 Å². The molecule has 0 radical (unpaired) electrons. The molecule has 0 spiro atoms. The number of halogens is 2. The number of benzene rings is 1. The SMILES string of the molecule is OCc1cc2c(F)c(I)ccc2s1. The third kappa shape index (κ3) is 1.58. The fourth-order valence-electron chi connectivity index (χ4n) is 1.18. The first-order chi connectivity index (χ1) is 6.22. The van der Waals surface area contributed by atoms with E-state index in [1.165, 1.54) is 11.3 Å². The van der Waals surface area contributed by atoms with Gasteiger partial charge in [0.15, 0.2) is 0 Å². The average molecular weight is 308 g/mol. The first-order valence-electron chi connectivity index (χ1n) is 3.69. The van der Waals surface area contributed by atoms with E-state index in [1.807, 2.05) is 28.7 Å². The molecule has 2 rings (SSSR count). The number of fused-ring (bicyclic) bond motifs is 1. The summed E-state index contributed by atoms with van der Waals surface area (Å²) in [6.07, 6.45) is 0. The van der Waals surface area contributed by atoms with Crippen molar-refractivity contribution in [3.63, 3.8) is 0 Å². The molecule has 68 valence electrons. The van der Waals surface area contributed by atoms with E-state index in [-0.39, 0.29) is 12.4 Å². The number of rotatable bonds is 1. The Bertz CT molecular complexity index is 452. The van der Waals surface area contributed by atoms with Crippen LogP contribution in [0.1, 0.15) is 4.88 Å². The van der Waals surface area contributed by atoms with Crippen molar-refractivity contribution in [3.05, 3.63) is 32.5 Å². The molecule has 1 nitrogen and oxygen atoms in total. The van der Waals surface area contributed by atoms with Crippen molar-refractivity contribution in [2.45, 2.75) is 6.61 Å². The van der Waals surface area contributed by atoms with Gasteiger partial charge < -0.3 is 5.11 Å². The minimum absolute atomic E-state index is 0.0185. The Kier molecular flexibility index (Phi) is 2.53. The molecular weight excluding hydrogens is 302 g/mol. The van der Waals surface area contributed by atoms with Crippen molar-refractivity contribution in [1.82, 2.24) is 0 Å². The molecule has 0 aliphatic heterocycles. The minimum atomic E-state index is -0.186. The van der Waals surface area contributed by atoms with Crippen LogP contribution in [0, 0.1) is 9.39 Å². The van der Waals surface area contributed by atoms with E-state index in [4.69, 9.17) is 5.11 Å². The summed E-state index contributed by atoms with van der Waals surface area (Å²) in [5.41, 5.74) is 0. The Hall–Kier alpha value is -0.200. The number of aliphatic hydroxyl groups excluding tert-OH is 1. The van der Waals surface area contributed by atoms with E-state index in [0.717, 1.165) is 9.58 Å². The van der Waals surface area contributed by atoms with E-state index in [9.17, 15) is 4.39 Å². The summed E-state index contributed by atoms with van der Waals surface area (Å²) in [4.78, 5) is 0.802. The molecule has 1 aromatic carbocycles. The normalized spacial score (nSPS) is 11.0. The van der Waals surface area contributed by atoms with Crippen LogP contribution in [0.4, 0.5) is 4.39 Å². The van der Waals surface area contributed by atoms with Gasteiger partial charge >= 0.3 is 0 Å². The number of hydrogen-bond acceptors (Lipinski definition) is 2. The van der Waals surface area contributed by atoms with Crippen LogP contribution in [-0.2, 0) is 6.61 Å². The van der Waals surface area contributed by atoms with E-state index >= 15 is 0 Å². The monoisotopic (exact) mass is 308 g/mol. The zero-order valence-corrected chi connectivity index (χ0v) is 9.52. The first-order valence-corrected chi connectivity index (χ1v) is 5.59. The molecular formula is C9H6FIOS. The summed E-state index contributed by atoms with van der Waals surface area (Å²) in [5, 5.41) is 9.50. The highest BCUT2D eigenvalue weighted by Crippen LogP contribution is 2.29. The molecule has 2 aromatic rings. The van der Waals surface area contributed by atoms with Crippen molar-refractivity contribution < 1.29 is 9.50 Å². The van der Waals surface area contributed by atoms with Gasteiger partial charge in [-0.25, -0.2) is 4.39 Å². The highest BCUT2D eigenvalue weighted by molar-refractivity contribution is 14.1. The van der Waals surface area contributed by atoms with Crippen LogP contribution in [-0.4, -0.2) is 5.11 Å². The second kappa shape index (κ2) is 3.51. The number of aliphatic hydroxyl groups is 1. The maximum Gasteiger partial charge on any atom is 0.145 e. The fourth-order valence-corrected chi connectivity index (χ4v) is 2.57. The summed E-state index contributed by atoms with van der Waals surface area (Å²) in [6, 6.07) is 5.33. The van der Waals surface area contributed by atoms with Crippen molar-refractivity contribution in [2.75, 3.05) is 0 Å². The lowest BCUT2D eigenvalue weighted by Gasteiger charge is -1.93. The summed E-state index contributed by atoms with van der Waals surface area (Å²) in [5.74, 6) is -0.186. The van der Waals surface area contributed by atoms with Crippen LogP contribution in [0.3, 0.4) is 0 Å². The van der Waals surface area contributed by atoms with Gasteiger partial charge in [-0.2, -0.15) is 0 Å². The third-order valence-corrected chi connectivity index (χ3v) is 3.71. The smallest absolute Gasteiger partial charge is 0.145 e. The third-order valence-electron chi connectivity index (χ3n) is 1.79. The maximum atomic E-state index is 13.5. The maximum absolute atomic E-state index is 13.5. The molecule has 0 saturated heterocycles. The van der Waals surface area contributed by atoms with Crippen LogP contribution in [0.15, 0.2) is 18.2 Å². The molecule has 0 atom stereocenters. The van der Waals surface area contributed by atoms with Gasteiger partial charge in [0.25, 0.3) is 0 Å². The van der Waals surface area contributed by atoms with Crippen LogP contribution < -0.4 is 0 Å². The van der Waals surface area contributed by atoms with Gasteiger partial charge in [-0.15, -0.1) is 11.3 Å². The Morgan fingerprint density at radius 1 is 1.46 bits per heavy atom. The first kappa shape index (κ1) is 9.36. The van der Waals surface area contributed by atoms with Crippen LogP contribution >= 0.6 is 33.9 Å². The topological polar surface area (TPSA) is 20.2 Å². The molecule has 1 N–H and O–H groups in total. The van der Waals surface area contributed by atoms with Gasteiger partial charge in [0, 0.05) is 18.5 Å². The molecule has 0 aliphatic rings. The van der Waals surface area contributed by atoms with Crippen LogP contribution in [0.2, 0.25) is 0 Å². The zero-order chi connectivity index (χ0) is 9.42. The highest BCUT2D eigenvalue weighted by Gasteiger charge is 2.08. The van der Waals surface area contributed by atoms with Gasteiger partial charge in [-0.3, -0.25) is 0 Å². The van der Waals surface area contributed by atoms with Crippen LogP contribution in [0.25, 0.3) is 10.1 Å². The minimum Gasteiger partial charge on any atom is -0.391 e. The van der Waals surface area contributed by atoms with E-state index in [0.29, 0.717) is 8.96 Å². The van der Waals surface area contributed by atoms with Gasteiger partial charge in [0.05, 0.1) is 6.61 Å². The average Bonchev–Trinajstić information content (AvgIpc) is 2.55. The van der Waals surface area contributed by atoms with Crippen molar-refractivity contribution in [2.24, 2.45) is 0 Å². The lowest BCUT2D eigenvalue weighted by atomic mass is 10.2. The van der Waals surface area contributed by atoms with E-state index < -0.39 is 0 Å².